The van der Waals surface area contributed by atoms with Gasteiger partial charge in [0.15, 0.2) is 0 Å². The number of rotatable bonds is 4. The van der Waals surface area contributed by atoms with Crippen molar-refractivity contribution in [2.75, 3.05) is 7.11 Å². The number of halogens is 1. The highest BCUT2D eigenvalue weighted by Gasteiger charge is 2.12. The van der Waals surface area contributed by atoms with E-state index in [1.165, 1.54) is 0 Å². The van der Waals surface area contributed by atoms with Crippen molar-refractivity contribution >= 4 is 15.9 Å². The first kappa shape index (κ1) is 14.4. The molecule has 108 valence electrons. The monoisotopic (exact) mass is 354 g/mol. The predicted octanol–water partition coefficient (Wildman–Crippen LogP) is 4.31. The Morgan fingerprint density at radius 3 is 2.73 bits per heavy atom. The molecule has 0 radical (unpaired) electrons. The predicted molar refractivity (Wildman–Crippen MR) is 85.9 cm³/mol. The van der Waals surface area contributed by atoms with Crippen LogP contribution in [0.4, 0.5) is 0 Å². The fourth-order valence-corrected chi connectivity index (χ4v) is 2.22. The molecule has 0 aliphatic rings. The van der Waals surface area contributed by atoms with Gasteiger partial charge in [-0.1, -0.05) is 18.2 Å². The van der Waals surface area contributed by atoms with Gasteiger partial charge in [0.05, 0.1) is 18.9 Å². The first-order valence-electron chi connectivity index (χ1n) is 6.49. The second-order valence-corrected chi connectivity index (χ2v) is 5.16. The van der Waals surface area contributed by atoms with Gasteiger partial charge in [0, 0.05) is 17.8 Å². The number of pyridine rings is 1. The number of ether oxygens (including phenoxy) is 2. The van der Waals surface area contributed by atoms with Crippen LogP contribution < -0.4 is 9.47 Å². The molecule has 2 heterocycles. The molecule has 3 aromatic rings. The van der Waals surface area contributed by atoms with E-state index < -0.39 is 0 Å². The van der Waals surface area contributed by atoms with E-state index >= 15 is 0 Å². The molecule has 0 fully saturated rings. The fraction of sp³-hybridized carbons (Fsp3) is 0.0588. The molecule has 0 aliphatic carbocycles. The van der Waals surface area contributed by atoms with Gasteiger partial charge in [-0.05, 0) is 40.2 Å². The van der Waals surface area contributed by atoms with Crippen LogP contribution in [0, 0.1) is 12.3 Å². The van der Waals surface area contributed by atoms with Crippen LogP contribution in [0.1, 0.15) is 0 Å². The molecule has 0 unspecified atom stereocenters. The minimum Gasteiger partial charge on any atom is -0.496 e. The van der Waals surface area contributed by atoms with Crippen molar-refractivity contribution in [2.45, 2.75) is 0 Å². The van der Waals surface area contributed by atoms with Crippen LogP contribution in [-0.2, 0) is 0 Å². The lowest BCUT2D eigenvalue weighted by Crippen LogP contribution is -1.93. The van der Waals surface area contributed by atoms with Crippen LogP contribution >= 0.6 is 15.9 Å². The lowest BCUT2D eigenvalue weighted by Gasteiger charge is -2.11. The molecule has 0 aliphatic heterocycles. The molecule has 0 amide bonds. The van der Waals surface area contributed by atoms with Crippen LogP contribution in [0.2, 0.25) is 0 Å². The highest BCUT2D eigenvalue weighted by molar-refractivity contribution is 9.10. The zero-order chi connectivity index (χ0) is 15.4. The quantitative estimate of drug-likeness (QED) is 0.655. The van der Waals surface area contributed by atoms with E-state index in [4.69, 9.17) is 9.47 Å². The first-order valence-corrected chi connectivity index (χ1v) is 7.29. The second kappa shape index (κ2) is 6.46. The molecule has 2 aromatic heterocycles. The Labute approximate surface area is 136 Å². The van der Waals surface area contributed by atoms with E-state index in [0.717, 1.165) is 21.5 Å². The number of hydrogen-bond acceptors (Lipinski definition) is 4. The lowest BCUT2D eigenvalue weighted by atomic mass is 10.1. The molecule has 0 bridgehead atoms. The molecule has 0 spiro atoms. The summed E-state index contributed by atoms with van der Waals surface area (Å²) < 4.78 is 12.0. The summed E-state index contributed by atoms with van der Waals surface area (Å²) in [7, 11) is 1.63. The minimum absolute atomic E-state index is 0.423. The first-order chi connectivity index (χ1) is 10.8. The summed E-state index contributed by atoms with van der Waals surface area (Å²) in [6.07, 6.45) is 4.29. The third kappa shape index (κ3) is 3.02. The van der Waals surface area contributed by atoms with Crippen LogP contribution in [-0.4, -0.2) is 17.1 Å². The van der Waals surface area contributed by atoms with Gasteiger partial charge in [-0.15, -0.1) is 0 Å². The van der Waals surface area contributed by atoms with Crippen molar-refractivity contribution in [2.24, 2.45) is 0 Å². The van der Waals surface area contributed by atoms with Crippen molar-refractivity contribution < 1.29 is 9.47 Å². The Kier molecular flexibility index (Phi) is 4.22. The summed E-state index contributed by atoms with van der Waals surface area (Å²) in [5.41, 5.74) is 1.65. The summed E-state index contributed by atoms with van der Waals surface area (Å²) in [6.45, 7) is 0. The van der Waals surface area contributed by atoms with Crippen LogP contribution in [0.3, 0.4) is 0 Å². The summed E-state index contributed by atoms with van der Waals surface area (Å²) in [4.78, 5) is 8.28. The molecule has 0 saturated carbocycles. The van der Waals surface area contributed by atoms with Gasteiger partial charge in [-0.25, -0.2) is 4.98 Å². The Morgan fingerprint density at radius 1 is 1.09 bits per heavy atom. The van der Waals surface area contributed by atoms with Gasteiger partial charge in [-0.2, -0.15) is 4.98 Å². The number of nitrogens with zero attached hydrogens (tertiary/aromatic N) is 2. The third-order valence-electron chi connectivity index (χ3n) is 2.98. The van der Waals surface area contributed by atoms with Gasteiger partial charge in [0.1, 0.15) is 16.1 Å². The molecular weight excluding hydrogens is 344 g/mol. The standard InChI is InChI=1S/C17H11BrN2O2/c1-21-15-7-3-2-5-13(15)14-6-4-10-19-17(14)22-12-8-9-16(18)20-11-12/h2-3,5-9,11H,1H3. The van der Waals surface area contributed by atoms with Crippen LogP contribution in [0.15, 0.2) is 53.3 Å². The number of aromatic nitrogens is 2. The molecule has 4 nitrogen and oxygen atoms in total. The number of benzene rings is 1. The largest absolute Gasteiger partial charge is 0.496 e. The zero-order valence-electron chi connectivity index (χ0n) is 11.7. The van der Waals surface area contributed by atoms with Crippen LogP contribution in [0.25, 0.3) is 11.1 Å². The molecule has 0 saturated heterocycles. The van der Waals surface area contributed by atoms with Crippen LogP contribution in [0.5, 0.6) is 17.4 Å². The summed E-state index contributed by atoms with van der Waals surface area (Å²) in [5, 5.41) is 0. The maximum Gasteiger partial charge on any atom is 0.236 e. The topological polar surface area (TPSA) is 44.2 Å². The van der Waals surface area contributed by atoms with Crippen molar-refractivity contribution in [1.29, 1.82) is 0 Å². The normalized spacial score (nSPS) is 9.91. The Bertz CT molecular complexity index is 776. The van der Waals surface area contributed by atoms with Gasteiger partial charge in [0.25, 0.3) is 0 Å². The fourth-order valence-electron chi connectivity index (χ4n) is 1.98. The van der Waals surface area contributed by atoms with Gasteiger partial charge in [0.2, 0.25) is 5.88 Å². The van der Waals surface area contributed by atoms with Crippen molar-refractivity contribution in [3.05, 3.63) is 65.5 Å². The summed E-state index contributed by atoms with van der Waals surface area (Å²) in [6, 6.07) is 15.9. The average Bonchev–Trinajstić information content (AvgIpc) is 2.57. The Morgan fingerprint density at radius 2 is 1.95 bits per heavy atom. The average molecular weight is 355 g/mol. The molecule has 3 rings (SSSR count). The van der Waals surface area contributed by atoms with Gasteiger partial charge in [-0.3, -0.25) is 0 Å². The Balaban J connectivity index is 2.01. The smallest absolute Gasteiger partial charge is 0.236 e. The molecule has 1 aromatic carbocycles. The van der Waals surface area contributed by atoms with Crippen molar-refractivity contribution in [3.8, 4) is 28.5 Å². The molecule has 0 N–H and O–H groups in total. The second-order valence-electron chi connectivity index (χ2n) is 4.35. The Hall–Kier alpha value is -2.58. The van der Waals surface area contributed by atoms with E-state index in [1.807, 2.05) is 30.3 Å². The number of methoxy groups -OCH3 is 1. The lowest BCUT2D eigenvalue weighted by molar-refractivity contribution is 0.415. The van der Waals surface area contributed by atoms with E-state index in [9.17, 15) is 0 Å². The van der Waals surface area contributed by atoms with Gasteiger partial charge >= 0.3 is 0 Å². The summed E-state index contributed by atoms with van der Waals surface area (Å²) in [5.74, 6) is 1.75. The molecule has 22 heavy (non-hydrogen) atoms. The molecular formula is C17H11BrN2O2. The minimum atomic E-state index is 0.423. The maximum absolute atomic E-state index is 5.82. The zero-order valence-corrected chi connectivity index (χ0v) is 13.3. The highest BCUT2D eigenvalue weighted by Crippen LogP contribution is 2.35. The summed E-state index contributed by atoms with van der Waals surface area (Å²) >= 11 is 3.29. The van der Waals surface area contributed by atoms with Gasteiger partial charge < -0.3 is 9.47 Å². The van der Waals surface area contributed by atoms with E-state index in [1.54, 1.807) is 25.4 Å². The maximum atomic E-state index is 5.82. The third-order valence-corrected chi connectivity index (χ3v) is 3.45. The highest BCUT2D eigenvalue weighted by atomic mass is 79.9. The van der Waals surface area contributed by atoms with E-state index in [0.29, 0.717) is 11.6 Å². The number of hydrogen-bond donors (Lipinski definition) is 0. The molecule has 5 heteroatoms. The number of para-hydroxylation sites is 1. The van der Waals surface area contributed by atoms with E-state index in [2.05, 4.69) is 38.2 Å². The van der Waals surface area contributed by atoms with Crippen molar-refractivity contribution in [1.82, 2.24) is 9.97 Å². The molecule has 0 atom stereocenters. The SMILES string of the molecule is COc1ccccc1-c1cc#cnc1Oc1ccc(Br)nc1. The van der Waals surface area contributed by atoms with E-state index in [-0.39, 0.29) is 0 Å². The van der Waals surface area contributed by atoms with Crippen molar-refractivity contribution in [3.63, 3.8) is 0 Å².